The number of hydrogen-bond acceptors (Lipinski definition) is 3. The van der Waals surface area contributed by atoms with Gasteiger partial charge in [-0.2, -0.15) is 0 Å². The van der Waals surface area contributed by atoms with Crippen molar-refractivity contribution in [1.29, 1.82) is 0 Å². The molecule has 3 nitrogen and oxygen atoms in total. The Hall–Kier alpha value is -0.220. The van der Waals surface area contributed by atoms with Crippen LogP contribution in [-0.2, 0) is 9.63 Å². The lowest BCUT2D eigenvalue weighted by Gasteiger charge is -2.19. The SMILES string of the molecule is CON(C)C(=O)C1(SC)CC1. The van der Waals surface area contributed by atoms with Crippen LogP contribution in [0, 0.1) is 0 Å². The fourth-order valence-corrected chi connectivity index (χ4v) is 1.80. The molecule has 0 radical (unpaired) electrons. The van der Waals surface area contributed by atoms with Crippen molar-refractivity contribution in [2.45, 2.75) is 17.6 Å². The Morgan fingerprint density at radius 3 is 2.45 bits per heavy atom. The van der Waals surface area contributed by atoms with E-state index in [2.05, 4.69) is 0 Å². The van der Waals surface area contributed by atoms with E-state index in [1.807, 2.05) is 6.26 Å². The van der Waals surface area contributed by atoms with Gasteiger partial charge in [-0.1, -0.05) is 0 Å². The van der Waals surface area contributed by atoms with Crippen molar-refractivity contribution in [3.05, 3.63) is 0 Å². The van der Waals surface area contributed by atoms with E-state index >= 15 is 0 Å². The number of hydroxylamine groups is 2. The predicted octanol–water partition coefficient (Wildman–Crippen LogP) is 0.902. The van der Waals surface area contributed by atoms with Crippen LogP contribution >= 0.6 is 11.8 Å². The molecule has 0 heterocycles. The summed E-state index contributed by atoms with van der Waals surface area (Å²) in [4.78, 5) is 16.3. The van der Waals surface area contributed by atoms with Gasteiger partial charge in [0.05, 0.1) is 11.9 Å². The molecule has 1 aliphatic carbocycles. The summed E-state index contributed by atoms with van der Waals surface area (Å²) in [5.41, 5.74) is 0. The van der Waals surface area contributed by atoms with E-state index < -0.39 is 0 Å². The first-order chi connectivity index (χ1) is 5.16. The lowest BCUT2D eigenvalue weighted by Crippen LogP contribution is -2.35. The third-order valence-corrected chi connectivity index (χ3v) is 3.41. The van der Waals surface area contributed by atoms with Crippen molar-refractivity contribution in [2.24, 2.45) is 0 Å². The van der Waals surface area contributed by atoms with Gasteiger partial charge in [-0.3, -0.25) is 9.63 Å². The molecular weight excluding hydrogens is 162 g/mol. The molecule has 64 valence electrons. The maximum atomic E-state index is 11.5. The molecule has 4 heteroatoms. The molecule has 0 aliphatic heterocycles. The second-order valence-electron chi connectivity index (χ2n) is 2.68. The van der Waals surface area contributed by atoms with Crippen LogP contribution in [0.5, 0.6) is 0 Å². The van der Waals surface area contributed by atoms with E-state index in [0.717, 1.165) is 12.8 Å². The van der Waals surface area contributed by atoms with Gasteiger partial charge in [0.15, 0.2) is 0 Å². The molecule has 0 N–H and O–H groups in total. The van der Waals surface area contributed by atoms with Crippen LogP contribution in [-0.4, -0.2) is 36.1 Å². The van der Waals surface area contributed by atoms with Crippen LogP contribution in [0.3, 0.4) is 0 Å². The number of carbonyl (C=O) groups is 1. The Bertz CT molecular complexity index is 168. The van der Waals surface area contributed by atoms with Crippen molar-refractivity contribution in [2.75, 3.05) is 20.4 Å². The molecule has 0 bridgehead atoms. The molecule has 0 atom stereocenters. The summed E-state index contributed by atoms with van der Waals surface area (Å²) in [6, 6.07) is 0. The molecule has 0 saturated heterocycles. The van der Waals surface area contributed by atoms with Crippen LogP contribution in [0.2, 0.25) is 0 Å². The minimum atomic E-state index is -0.148. The minimum Gasteiger partial charge on any atom is -0.275 e. The highest BCUT2D eigenvalue weighted by Gasteiger charge is 2.51. The molecular formula is C7H13NO2S. The highest BCUT2D eigenvalue weighted by Crippen LogP contribution is 2.48. The third kappa shape index (κ3) is 1.51. The summed E-state index contributed by atoms with van der Waals surface area (Å²) in [5, 5.41) is 1.31. The predicted molar refractivity (Wildman–Crippen MR) is 45.3 cm³/mol. The molecule has 0 aromatic rings. The number of carbonyl (C=O) groups excluding carboxylic acids is 1. The minimum absolute atomic E-state index is 0.0903. The second kappa shape index (κ2) is 3.03. The van der Waals surface area contributed by atoms with Gasteiger partial charge < -0.3 is 0 Å². The van der Waals surface area contributed by atoms with E-state index in [1.54, 1.807) is 18.8 Å². The zero-order valence-corrected chi connectivity index (χ0v) is 7.90. The summed E-state index contributed by atoms with van der Waals surface area (Å²) in [7, 11) is 3.16. The van der Waals surface area contributed by atoms with Gasteiger partial charge in [-0.15, -0.1) is 11.8 Å². The number of nitrogens with zero attached hydrogens (tertiary/aromatic N) is 1. The van der Waals surface area contributed by atoms with E-state index in [0.29, 0.717) is 0 Å². The summed E-state index contributed by atoms with van der Waals surface area (Å²) in [5.74, 6) is 0.0903. The molecule has 0 aromatic heterocycles. The van der Waals surface area contributed by atoms with Crippen LogP contribution in [0.25, 0.3) is 0 Å². The Balaban J connectivity index is 2.53. The monoisotopic (exact) mass is 175 g/mol. The topological polar surface area (TPSA) is 29.5 Å². The van der Waals surface area contributed by atoms with Crippen molar-refractivity contribution >= 4 is 17.7 Å². The van der Waals surface area contributed by atoms with Gasteiger partial charge in [-0.05, 0) is 19.1 Å². The Morgan fingerprint density at radius 1 is 1.64 bits per heavy atom. The zero-order chi connectivity index (χ0) is 8.48. The molecule has 0 aromatic carbocycles. The first-order valence-corrected chi connectivity index (χ1v) is 4.76. The standard InChI is InChI=1S/C7H13NO2S/c1-8(10-2)6(9)7(11-3)4-5-7/h4-5H2,1-3H3. The normalized spacial score (nSPS) is 19.5. The highest BCUT2D eigenvalue weighted by atomic mass is 32.2. The summed E-state index contributed by atoms with van der Waals surface area (Å²) in [6.45, 7) is 0. The smallest absolute Gasteiger partial charge is 0.262 e. The molecule has 11 heavy (non-hydrogen) atoms. The lowest BCUT2D eigenvalue weighted by atomic mass is 10.4. The summed E-state index contributed by atoms with van der Waals surface area (Å²) in [6.07, 6.45) is 3.94. The van der Waals surface area contributed by atoms with Gasteiger partial charge in [0.2, 0.25) is 0 Å². The largest absolute Gasteiger partial charge is 0.275 e. The number of amides is 1. The van der Waals surface area contributed by atoms with E-state index in [1.165, 1.54) is 12.2 Å². The van der Waals surface area contributed by atoms with Crippen molar-refractivity contribution in [3.8, 4) is 0 Å². The number of hydrogen-bond donors (Lipinski definition) is 0. The lowest BCUT2D eigenvalue weighted by molar-refractivity contribution is -0.168. The van der Waals surface area contributed by atoms with Gasteiger partial charge >= 0.3 is 0 Å². The first kappa shape index (κ1) is 8.87. The van der Waals surface area contributed by atoms with Gasteiger partial charge in [-0.25, -0.2) is 5.06 Å². The van der Waals surface area contributed by atoms with Crippen molar-refractivity contribution in [1.82, 2.24) is 5.06 Å². The quantitative estimate of drug-likeness (QED) is 0.597. The Kier molecular flexibility index (Phi) is 2.44. The average Bonchev–Trinajstić information content (AvgIpc) is 2.82. The molecule has 1 aliphatic rings. The second-order valence-corrected chi connectivity index (χ2v) is 3.87. The molecule has 0 spiro atoms. The maximum absolute atomic E-state index is 11.5. The Labute approximate surface area is 71.0 Å². The van der Waals surface area contributed by atoms with Gasteiger partial charge in [0, 0.05) is 7.05 Å². The van der Waals surface area contributed by atoms with E-state index in [4.69, 9.17) is 4.84 Å². The fourth-order valence-electron chi connectivity index (χ4n) is 0.989. The van der Waals surface area contributed by atoms with Crippen molar-refractivity contribution < 1.29 is 9.63 Å². The Morgan fingerprint density at radius 2 is 2.18 bits per heavy atom. The molecule has 0 unspecified atom stereocenters. The molecule has 1 amide bonds. The van der Waals surface area contributed by atoms with E-state index in [-0.39, 0.29) is 10.7 Å². The maximum Gasteiger partial charge on any atom is 0.262 e. The molecule has 1 fully saturated rings. The third-order valence-electron chi connectivity index (χ3n) is 2.04. The molecule has 1 rings (SSSR count). The van der Waals surface area contributed by atoms with Gasteiger partial charge in [0.25, 0.3) is 5.91 Å². The van der Waals surface area contributed by atoms with E-state index in [9.17, 15) is 4.79 Å². The summed E-state index contributed by atoms with van der Waals surface area (Å²) < 4.78 is -0.148. The average molecular weight is 175 g/mol. The van der Waals surface area contributed by atoms with Crippen LogP contribution in [0.15, 0.2) is 0 Å². The summed E-state index contributed by atoms with van der Waals surface area (Å²) >= 11 is 1.62. The highest BCUT2D eigenvalue weighted by molar-refractivity contribution is 8.01. The number of thioether (sulfide) groups is 1. The van der Waals surface area contributed by atoms with Gasteiger partial charge in [0.1, 0.15) is 0 Å². The van der Waals surface area contributed by atoms with Crippen molar-refractivity contribution in [3.63, 3.8) is 0 Å². The van der Waals surface area contributed by atoms with Crippen LogP contribution in [0.4, 0.5) is 0 Å². The molecule has 1 saturated carbocycles. The van der Waals surface area contributed by atoms with Crippen LogP contribution < -0.4 is 0 Å². The van der Waals surface area contributed by atoms with Crippen LogP contribution in [0.1, 0.15) is 12.8 Å². The fraction of sp³-hybridized carbons (Fsp3) is 0.857. The first-order valence-electron chi connectivity index (χ1n) is 3.54. The zero-order valence-electron chi connectivity index (χ0n) is 7.09. The number of rotatable bonds is 3.